The van der Waals surface area contributed by atoms with Gasteiger partial charge in [-0.2, -0.15) is 4.57 Å². The molecule has 0 aliphatic rings. The Morgan fingerprint density at radius 1 is 0.769 bits per heavy atom. The van der Waals surface area contributed by atoms with Crippen LogP contribution in [0.2, 0.25) is 0 Å². The van der Waals surface area contributed by atoms with Crippen molar-refractivity contribution in [3.63, 3.8) is 0 Å². The fourth-order valence-electron chi connectivity index (χ4n) is 3.49. The Kier molecular flexibility index (Phi) is 6.48. The third-order valence-corrected chi connectivity index (χ3v) is 4.53. The molecule has 0 aliphatic carbocycles. The molecule has 136 valence electrons. The number of aryl methyl sites for hydroxylation is 1. The normalized spacial score (nSPS) is 10.3. The first-order chi connectivity index (χ1) is 11.7. The maximum atomic E-state index is 6.10. The quantitative estimate of drug-likeness (QED) is 0.180. The van der Waals surface area contributed by atoms with Crippen molar-refractivity contribution in [2.75, 3.05) is 11.5 Å². The van der Waals surface area contributed by atoms with Crippen molar-refractivity contribution in [3.05, 3.63) is 66.7 Å². The Hall–Kier alpha value is -1.85. The molecule has 0 amide bonds. The van der Waals surface area contributed by atoms with Crippen LogP contribution >= 0.6 is 17.0 Å². The number of nitrogens with zero attached hydrogens (tertiary/aromatic N) is 1. The Morgan fingerprint density at radius 3 is 2.04 bits per heavy atom. The van der Waals surface area contributed by atoms with Gasteiger partial charge in [0.25, 0.3) is 0 Å². The van der Waals surface area contributed by atoms with Crippen molar-refractivity contribution in [1.82, 2.24) is 0 Å². The zero-order valence-electron chi connectivity index (χ0n) is 14.4. The van der Waals surface area contributed by atoms with E-state index in [9.17, 15) is 0 Å². The van der Waals surface area contributed by atoms with E-state index in [0.29, 0.717) is 0 Å². The van der Waals surface area contributed by atoms with Crippen LogP contribution < -0.4 is 16.0 Å². The smallest absolute Gasteiger partial charge is 0.399 e. The molecule has 0 spiro atoms. The van der Waals surface area contributed by atoms with Crippen molar-refractivity contribution in [2.24, 2.45) is 0 Å². The van der Waals surface area contributed by atoms with Crippen LogP contribution in [-0.2, 0) is 28.9 Å². The first-order valence-electron chi connectivity index (χ1n) is 8.18. The molecule has 1 aromatic heterocycles. The number of aromatic nitrogens is 1. The Labute approximate surface area is 179 Å². The van der Waals surface area contributed by atoms with E-state index in [1.54, 1.807) is 0 Å². The molecule has 0 bridgehead atoms. The summed E-state index contributed by atoms with van der Waals surface area (Å²) in [6.45, 7) is 3.02. The van der Waals surface area contributed by atoms with E-state index in [4.69, 9.17) is 11.5 Å². The molecule has 5 heteroatoms. The van der Waals surface area contributed by atoms with Gasteiger partial charge >= 0.3 is 22.4 Å². The van der Waals surface area contributed by atoms with Crippen LogP contribution in [0.15, 0.2) is 66.7 Å². The summed E-state index contributed by atoms with van der Waals surface area (Å²) in [5, 5.41) is 3.56. The Morgan fingerprint density at radius 2 is 1.38 bits per heavy atom. The molecule has 26 heavy (non-hydrogen) atoms. The number of hydrogen-bond donors (Lipinski definition) is 2. The molecule has 0 saturated carbocycles. The standard InChI is InChI=1S/C21H19N3.Ag.BrH/c1-2-24-20-13-16(23)9-11-18(20)17-10-8-15(22)12-19(17)21(24)14-6-4-3-5-7-14;;/h3-13,23H,2,22H2,1H3;;1H/q;+1;/p+1. The summed E-state index contributed by atoms with van der Waals surface area (Å²) in [4.78, 5) is 0. The number of nitrogen functional groups attached to an aromatic ring is 2. The van der Waals surface area contributed by atoms with E-state index in [-0.39, 0.29) is 39.4 Å². The molecule has 0 saturated heterocycles. The molecule has 0 atom stereocenters. The third kappa shape index (κ3) is 3.38. The van der Waals surface area contributed by atoms with Gasteiger partial charge in [0, 0.05) is 28.4 Å². The van der Waals surface area contributed by atoms with Crippen molar-refractivity contribution >= 4 is 50.0 Å². The van der Waals surface area contributed by atoms with E-state index in [1.165, 1.54) is 27.4 Å². The van der Waals surface area contributed by atoms with Gasteiger partial charge in [0.1, 0.15) is 6.54 Å². The molecule has 0 radical (unpaired) electrons. The summed E-state index contributed by atoms with van der Waals surface area (Å²) >= 11 is 0. The maximum absolute atomic E-state index is 6.10. The molecule has 4 rings (SSSR count). The SMILES string of the molecule is Br.CC[n+]1c(-c2ccccc2)c2cc(N)ccc2c2ccc(N)cc21.[Ag+]. The first kappa shape index (κ1) is 20.5. The van der Waals surface area contributed by atoms with Crippen LogP contribution in [0.1, 0.15) is 6.92 Å². The van der Waals surface area contributed by atoms with Gasteiger partial charge in [-0.05, 0) is 43.3 Å². The van der Waals surface area contributed by atoms with Crippen LogP contribution in [0, 0.1) is 0 Å². The van der Waals surface area contributed by atoms with Gasteiger partial charge in [0.2, 0.25) is 11.2 Å². The molecule has 0 fully saturated rings. The first-order valence-corrected chi connectivity index (χ1v) is 8.18. The fraction of sp³-hybridized carbons (Fsp3) is 0.0952. The summed E-state index contributed by atoms with van der Waals surface area (Å²) in [6.07, 6.45) is 0. The van der Waals surface area contributed by atoms with Crippen LogP contribution in [0.3, 0.4) is 0 Å². The zero-order valence-corrected chi connectivity index (χ0v) is 17.6. The Balaban J connectivity index is 0.00000121. The van der Waals surface area contributed by atoms with Gasteiger partial charge in [-0.25, -0.2) is 0 Å². The van der Waals surface area contributed by atoms with Crippen LogP contribution in [0.5, 0.6) is 0 Å². The van der Waals surface area contributed by atoms with E-state index < -0.39 is 0 Å². The molecule has 3 nitrogen and oxygen atoms in total. The van der Waals surface area contributed by atoms with Crippen molar-refractivity contribution < 1.29 is 26.9 Å². The van der Waals surface area contributed by atoms with Gasteiger partial charge in [0.15, 0.2) is 0 Å². The Bertz CT molecular complexity index is 1070. The minimum absolute atomic E-state index is 0. The average molecular weight is 503 g/mol. The molecular weight excluding hydrogens is 482 g/mol. The topological polar surface area (TPSA) is 55.9 Å². The second-order valence-corrected chi connectivity index (χ2v) is 6.04. The molecule has 3 aromatic carbocycles. The van der Waals surface area contributed by atoms with E-state index in [1.807, 2.05) is 18.2 Å². The number of hydrogen-bond acceptors (Lipinski definition) is 2. The van der Waals surface area contributed by atoms with Gasteiger partial charge in [-0.15, -0.1) is 17.0 Å². The monoisotopic (exact) mass is 501 g/mol. The predicted molar refractivity (Wildman–Crippen MR) is 112 cm³/mol. The van der Waals surface area contributed by atoms with Crippen LogP contribution in [-0.4, -0.2) is 0 Å². The average Bonchev–Trinajstić information content (AvgIpc) is 2.61. The number of nitrogens with two attached hydrogens (primary N) is 2. The summed E-state index contributed by atoms with van der Waals surface area (Å²) < 4.78 is 2.32. The van der Waals surface area contributed by atoms with Crippen molar-refractivity contribution in [3.8, 4) is 11.3 Å². The minimum atomic E-state index is 0. The summed E-state index contributed by atoms with van der Waals surface area (Å²) in [7, 11) is 0. The van der Waals surface area contributed by atoms with E-state index in [2.05, 4.69) is 60.0 Å². The third-order valence-electron chi connectivity index (χ3n) is 4.53. The molecule has 0 aliphatic heterocycles. The van der Waals surface area contributed by atoms with Crippen LogP contribution in [0.4, 0.5) is 11.4 Å². The summed E-state index contributed by atoms with van der Waals surface area (Å²) in [5.41, 5.74) is 17.2. The molecular formula is C21H21AgBrN3+2. The summed E-state index contributed by atoms with van der Waals surface area (Å²) in [6, 6.07) is 22.7. The number of rotatable bonds is 2. The zero-order chi connectivity index (χ0) is 16.7. The predicted octanol–water partition coefficient (Wildman–Crippen LogP) is 4.71. The van der Waals surface area contributed by atoms with Crippen molar-refractivity contribution in [1.29, 1.82) is 0 Å². The second-order valence-electron chi connectivity index (χ2n) is 6.04. The van der Waals surface area contributed by atoms with Crippen LogP contribution in [0.25, 0.3) is 32.9 Å². The number of anilines is 2. The molecule has 4 N–H and O–H groups in total. The van der Waals surface area contributed by atoms with Gasteiger partial charge in [-0.1, -0.05) is 24.3 Å². The number of fused-ring (bicyclic) bond motifs is 3. The van der Waals surface area contributed by atoms with Crippen molar-refractivity contribution in [2.45, 2.75) is 13.5 Å². The largest absolute Gasteiger partial charge is 1.00 e. The fourth-order valence-corrected chi connectivity index (χ4v) is 3.49. The van der Waals surface area contributed by atoms with Gasteiger partial charge in [-0.3, -0.25) is 0 Å². The molecule has 1 heterocycles. The molecule has 0 unspecified atom stereocenters. The number of benzene rings is 3. The maximum Gasteiger partial charge on any atom is 1.00 e. The molecule has 4 aromatic rings. The van der Waals surface area contributed by atoms with E-state index in [0.717, 1.165) is 23.4 Å². The number of halogens is 1. The minimum Gasteiger partial charge on any atom is -0.399 e. The number of pyridine rings is 1. The summed E-state index contributed by atoms with van der Waals surface area (Å²) in [5.74, 6) is 0. The van der Waals surface area contributed by atoms with Gasteiger partial charge < -0.3 is 11.5 Å². The van der Waals surface area contributed by atoms with E-state index >= 15 is 0 Å². The van der Waals surface area contributed by atoms with Gasteiger partial charge in [0.05, 0.1) is 10.8 Å². The second kappa shape index (κ2) is 8.23.